The molecule has 2 heterocycles. The van der Waals surface area contributed by atoms with Crippen LogP contribution in [0.2, 0.25) is 0 Å². The molecular formula is C21H34N4O3. The molecule has 2 atom stereocenters. The van der Waals surface area contributed by atoms with Crippen molar-refractivity contribution in [1.29, 1.82) is 0 Å². The van der Waals surface area contributed by atoms with Crippen LogP contribution in [-0.2, 0) is 11.3 Å². The standard InChI is InChI=1S/C21H34N4O3/c1-5-22-21(23-13-16(2)25-8-9-26-15-17(25)3)24(4)14-18-6-7-19-20(12-18)28-11-10-27-19/h6-7,12,16-17H,5,8-11,13-15H2,1-4H3,(H,22,23). The molecule has 0 aliphatic carbocycles. The Morgan fingerprint density at radius 3 is 2.82 bits per heavy atom. The van der Waals surface area contributed by atoms with Crippen LogP contribution in [0.5, 0.6) is 11.5 Å². The van der Waals surface area contributed by atoms with Crippen molar-refractivity contribution in [3.8, 4) is 11.5 Å². The number of hydrogen-bond donors (Lipinski definition) is 1. The Bertz CT molecular complexity index is 667. The fraction of sp³-hybridized carbons (Fsp3) is 0.667. The van der Waals surface area contributed by atoms with Gasteiger partial charge in [0.2, 0.25) is 0 Å². The van der Waals surface area contributed by atoms with E-state index in [-0.39, 0.29) is 0 Å². The molecule has 0 amide bonds. The smallest absolute Gasteiger partial charge is 0.194 e. The van der Waals surface area contributed by atoms with Gasteiger partial charge in [0.25, 0.3) is 0 Å². The number of aliphatic imine (C=N–C) groups is 1. The molecule has 0 saturated carbocycles. The van der Waals surface area contributed by atoms with Gasteiger partial charge in [0.15, 0.2) is 17.5 Å². The zero-order chi connectivity index (χ0) is 19.9. The first-order chi connectivity index (χ1) is 13.6. The van der Waals surface area contributed by atoms with Crippen molar-refractivity contribution in [3.05, 3.63) is 23.8 Å². The lowest BCUT2D eigenvalue weighted by Crippen LogP contribution is -2.49. The number of nitrogens with one attached hydrogen (secondary N) is 1. The molecule has 2 aliphatic rings. The molecule has 0 radical (unpaired) electrons. The van der Waals surface area contributed by atoms with Crippen LogP contribution in [0, 0.1) is 0 Å². The summed E-state index contributed by atoms with van der Waals surface area (Å²) in [6.07, 6.45) is 0. The van der Waals surface area contributed by atoms with Crippen molar-refractivity contribution in [2.45, 2.75) is 39.4 Å². The third kappa shape index (κ3) is 5.29. The third-order valence-electron chi connectivity index (χ3n) is 5.21. The molecule has 28 heavy (non-hydrogen) atoms. The zero-order valence-corrected chi connectivity index (χ0v) is 17.6. The zero-order valence-electron chi connectivity index (χ0n) is 17.6. The van der Waals surface area contributed by atoms with Gasteiger partial charge in [-0.2, -0.15) is 0 Å². The van der Waals surface area contributed by atoms with E-state index in [1.807, 2.05) is 6.07 Å². The van der Waals surface area contributed by atoms with Crippen molar-refractivity contribution in [2.75, 3.05) is 53.1 Å². The molecule has 2 aliphatic heterocycles. The Morgan fingerprint density at radius 1 is 1.29 bits per heavy atom. The first-order valence-corrected chi connectivity index (χ1v) is 10.3. The van der Waals surface area contributed by atoms with Crippen LogP contribution in [0.15, 0.2) is 23.2 Å². The van der Waals surface area contributed by atoms with E-state index < -0.39 is 0 Å². The summed E-state index contributed by atoms with van der Waals surface area (Å²) >= 11 is 0. The minimum Gasteiger partial charge on any atom is -0.486 e. The van der Waals surface area contributed by atoms with Gasteiger partial charge in [0, 0.05) is 38.8 Å². The van der Waals surface area contributed by atoms with Gasteiger partial charge < -0.3 is 24.4 Å². The molecular weight excluding hydrogens is 356 g/mol. The predicted molar refractivity (Wildman–Crippen MR) is 111 cm³/mol. The molecule has 0 aromatic heterocycles. The van der Waals surface area contributed by atoms with Crippen LogP contribution >= 0.6 is 0 Å². The molecule has 1 aromatic rings. The number of benzene rings is 1. The summed E-state index contributed by atoms with van der Waals surface area (Å²) in [7, 11) is 2.07. The highest BCUT2D eigenvalue weighted by Gasteiger charge is 2.23. The maximum Gasteiger partial charge on any atom is 0.194 e. The molecule has 1 aromatic carbocycles. The van der Waals surface area contributed by atoms with E-state index in [1.54, 1.807) is 0 Å². The number of guanidine groups is 1. The Balaban J connectivity index is 1.62. The average molecular weight is 391 g/mol. The fourth-order valence-corrected chi connectivity index (χ4v) is 3.72. The summed E-state index contributed by atoms with van der Waals surface area (Å²) in [6, 6.07) is 6.97. The molecule has 0 bridgehead atoms. The number of rotatable bonds is 6. The van der Waals surface area contributed by atoms with E-state index in [4.69, 9.17) is 19.2 Å². The lowest BCUT2D eigenvalue weighted by Gasteiger charge is -2.37. The van der Waals surface area contributed by atoms with Crippen molar-refractivity contribution in [3.63, 3.8) is 0 Å². The molecule has 7 nitrogen and oxygen atoms in total. The van der Waals surface area contributed by atoms with Gasteiger partial charge in [-0.25, -0.2) is 0 Å². The van der Waals surface area contributed by atoms with E-state index in [1.165, 1.54) is 5.56 Å². The monoisotopic (exact) mass is 390 g/mol. The summed E-state index contributed by atoms with van der Waals surface area (Å²) < 4.78 is 16.9. The molecule has 156 valence electrons. The maximum atomic E-state index is 5.70. The van der Waals surface area contributed by atoms with Crippen LogP contribution in [0.4, 0.5) is 0 Å². The van der Waals surface area contributed by atoms with Crippen molar-refractivity contribution in [1.82, 2.24) is 15.1 Å². The Hall–Kier alpha value is -1.99. The summed E-state index contributed by atoms with van der Waals surface area (Å²) in [4.78, 5) is 9.54. The van der Waals surface area contributed by atoms with Gasteiger partial charge in [-0.1, -0.05) is 6.07 Å². The Kier molecular flexibility index (Phi) is 7.39. The summed E-state index contributed by atoms with van der Waals surface area (Å²) in [5.41, 5.74) is 1.17. The van der Waals surface area contributed by atoms with E-state index in [9.17, 15) is 0 Å². The van der Waals surface area contributed by atoms with Crippen LogP contribution in [0.1, 0.15) is 26.3 Å². The Labute approximate surface area is 168 Å². The molecule has 1 fully saturated rings. The minimum atomic E-state index is 0.384. The van der Waals surface area contributed by atoms with Crippen LogP contribution < -0.4 is 14.8 Å². The lowest BCUT2D eigenvalue weighted by atomic mass is 10.2. The highest BCUT2D eigenvalue weighted by Crippen LogP contribution is 2.31. The largest absolute Gasteiger partial charge is 0.486 e. The van der Waals surface area contributed by atoms with Crippen molar-refractivity contribution in [2.24, 2.45) is 4.99 Å². The van der Waals surface area contributed by atoms with E-state index >= 15 is 0 Å². The first kappa shape index (κ1) is 20.7. The summed E-state index contributed by atoms with van der Waals surface area (Å²) in [5.74, 6) is 2.57. The van der Waals surface area contributed by atoms with Crippen LogP contribution in [0.25, 0.3) is 0 Å². The molecule has 2 unspecified atom stereocenters. The first-order valence-electron chi connectivity index (χ1n) is 10.3. The minimum absolute atomic E-state index is 0.384. The topological polar surface area (TPSA) is 58.6 Å². The number of fused-ring (bicyclic) bond motifs is 1. The number of nitrogens with zero attached hydrogens (tertiary/aromatic N) is 3. The van der Waals surface area contributed by atoms with Crippen molar-refractivity contribution < 1.29 is 14.2 Å². The second-order valence-corrected chi connectivity index (χ2v) is 7.54. The maximum absolute atomic E-state index is 5.70. The SMILES string of the molecule is CCNC(=NCC(C)N1CCOCC1C)N(C)Cc1ccc2c(c1)OCCO2. The van der Waals surface area contributed by atoms with Gasteiger partial charge in [-0.15, -0.1) is 0 Å². The van der Waals surface area contributed by atoms with E-state index in [0.29, 0.717) is 25.3 Å². The normalized spacial score (nSPS) is 21.3. The lowest BCUT2D eigenvalue weighted by molar-refractivity contribution is -0.0166. The number of hydrogen-bond acceptors (Lipinski definition) is 5. The molecule has 7 heteroatoms. The van der Waals surface area contributed by atoms with Gasteiger partial charge >= 0.3 is 0 Å². The molecule has 3 rings (SSSR count). The van der Waals surface area contributed by atoms with Gasteiger partial charge in [0.05, 0.1) is 19.8 Å². The summed E-state index contributed by atoms with van der Waals surface area (Å²) in [6.45, 7) is 12.7. The quantitative estimate of drug-likeness (QED) is 0.592. The van der Waals surface area contributed by atoms with Gasteiger partial charge in [0.1, 0.15) is 13.2 Å². The van der Waals surface area contributed by atoms with Crippen molar-refractivity contribution >= 4 is 5.96 Å². The van der Waals surface area contributed by atoms with Gasteiger partial charge in [-0.3, -0.25) is 9.89 Å². The number of morpholine rings is 1. The van der Waals surface area contributed by atoms with Crippen LogP contribution in [-0.4, -0.2) is 81.0 Å². The highest BCUT2D eigenvalue weighted by atomic mass is 16.6. The molecule has 1 saturated heterocycles. The van der Waals surface area contributed by atoms with Gasteiger partial charge in [-0.05, 0) is 38.5 Å². The second-order valence-electron chi connectivity index (χ2n) is 7.54. The molecule has 0 spiro atoms. The summed E-state index contributed by atoms with van der Waals surface area (Å²) in [5, 5.41) is 3.41. The molecule has 1 N–H and O–H groups in total. The average Bonchev–Trinajstić information content (AvgIpc) is 2.71. The Morgan fingerprint density at radius 2 is 2.07 bits per heavy atom. The second kappa shape index (κ2) is 9.98. The van der Waals surface area contributed by atoms with E-state index in [0.717, 1.165) is 56.9 Å². The highest BCUT2D eigenvalue weighted by molar-refractivity contribution is 5.79. The predicted octanol–water partition coefficient (Wildman–Crippen LogP) is 1.96. The van der Waals surface area contributed by atoms with Crippen LogP contribution in [0.3, 0.4) is 0 Å². The number of ether oxygens (including phenoxy) is 3. The third-order valence-corrected chi connectivity index (χ3v) is 5.21. The fourth-order valence-electron chi connectivity index (χ4n) is 3.72. The van der Waals surface area contributed by atoms with E-state index in [2.05, 4.69) is 55.1 Å².